The third kappa shape index (κ3) is 5.71. The van der Waals surface area contributed by atoms with Gasteiger partial charge in [-0.25, -0.2) is 0 Å². The summed E-state index contributed by atoms with van der Waals surface area (Å²) in [5, 5.41) is 11.0. The van der Waals surface area contributed by atoms with Gasteiger partial charge in [0.2, 0.25) is 0 Å². The SMILES string of the molecule is C=CC/C(=N\S(=O)(=O)c1c(C(C)C)cc(C(C)C)cc1C(C)C)c1ccc([N+](=O)[O-])cc1. The Labute approximate surface area is 191 Å². The van der Waals surface area contributed by atoms with Gasteiger partial charge < -0.3 is 0 Å². The summed E-state index contributed by atoms with van der Waals surface area (Å²) in [7, 11) is -4.04. The second-order valence-electron chi connectivity index (χ2n) is 8.80. The second kappa shape index (κ2) is 10.2. The highest BCUT2D eigenvalue weighted by atomic mass is 32.2. The van der Waals surface area contributed by atoms with E-state index in [2.05, 4.69) is 24.8 Å². The molecule has 0 fully saturated rings. The molecule has 7 heteroatoms. The van der Waals surface area contributed by atoms with Gasteiger partial charge in [-0.2, -0.15) is 12.8 Å². The van der Waals surface area contributed by atoms with Crippen molar-refractivity contribution in [1.29, 1.82) is 0 Å². The highest BCUT2D eigenvalue weighted by molar-refractivity contribution is 7.90. The van der Waals surface area contributed by atoms with Gasteiger partial charge in [-0.1, -0.05) is 59.8 Å². The molecule has 2 aromatic rings. The third-order valence-electron chi connectivity index (χ3n) is 5.32. The number of nitro groups is 1. The highest BCUT2D eigenvalue weighted by Gasteiger charge is 2.27. The van der Waals surface area contributed by atoms with Gasteiger partial charge in [-0.05, 0) is 52.1 Å². The van der Waals surface area contributed by atoms with Crippen LogP contribution < -0.4 is 0 Å². The minimum atomic E-state index is -4.04. The minimum Gasteiger partial charge on any atom is -0.258 e. The summed E-state index contributed by atoms with van der Waals surface area (Å²) in [5.74, 6) is 0.253. The zero-order valence-corrected chi connectivity index (χ0v) is 20.4. The summed E-state index contributed by atoms with van der Waals surface area (Å²) in [4.78, 5) is 10.7. The van der Waals surface area contributed by atoms with Crippen molar-refractivity contribution in [3.63, 3.8) is 0 Å². The van der Waals surface area contributed by atoms with E-state index in [9.17, 15) is 18.5 Å². The summed E-state index contributed by atoms with van der Waals surface area (Å²) in [5.41, 5.74) is 3.35. The number of benzene rings is 2. The van der Waals surface area contributed by atoms with E-state index in [0.29, 0.717) is 11.3 Å². The molecule has 32 heavy (non-hydrogen) atoms. The molecule has 0 aliphatic rings. The topological polar surface area (TPSA) is 89.6 Å². The molecule has 0 bridgehead atoms. The molecule has 2 aromatic carbocycles. The molecule has 0 unspecified atom stereocenters. The van der Waals surface area contributed by atoms with E-state index in [1.807, 2.05) is 39.8 Å². The van der Waals surface area contributed by atoms with Crippen LogP contribution in [0, 0.1) is 10.1 Å². The quantitative estimate of drug-likeness (QED) is 0.181. The average molecular weight is 457 g/mol. The van der Waals surface area contributed by atoms with E-state index in [-0.39, 0.29) is 34.8 Å². The van der Waals surface area contributed by atoms with Crippen LogP contribution in [0.15, 0.2) is 58.3 Å². The first-order chi connectivity index (χ1) is 14.9. The van der Waals surface area contributed by atoms with Crippen LogP contribution in [0.25, 0.3) is 0 Å². The van der Waals surface area contributed by atoms with Crippen molar-refractivity contribution in [2.24, 2.45) is 4.40 Å². The predicted octanol–water partition coefficient (Wildman–Crippen LogP) is 6.72. The van der Waals surface area contributed by atoms with Crippen molar-refractivity contribution in [3.8, 4) is 0 Å². The molecule has 0 saturated carbocycles. The van der Waals surface area contributed by atoms with Gasteiger partial charge >= 0.3 is 0 Å². The molecular formula is C25H32N2O4S. The molecule has 0 saturated heterocycles. The summed E-state index contributed by atoms with van der Waals surface area (Å²) < 4.78 is 31.6. The smallest absolute Gasteiger partial charge is 0.258 e. The lowest BCUT2D eigenvalue weighted by atomic mass is 9.89. The summed E-state index contributed by atoms with van der Waals surface area (Å²) >= 11 is 0. The number of non-ortho nitro benzene ring substituents is 1. The largest absolute Gasteiger partial charge is 0.283 e. The van der Waals surface area contributed by atoms with Crippen molar-refractivity contribution >= 4 is 21.4 Å². The molecule has 0 radical (unpaired) electrons. The van der Waals surface area contributed by atoms with Crippen LogP contribution in [-0.4, -0.2) is 19.1 Å². The lowest BCUT2D eigenvalue weighted by Gasteiger charge is -2.21. The number of rotatable bonds is 9. The number of nitrogens with zero attached hydrogens (tertiary/aromatic N) is 2. The third-order valence-corrected chi connectivity index (χ3v) is 6.76. The molecule has 0 atom stereocenters. The summed E-state index contributed by atoms with van der Waals surface area (Å²) in [6, 6.07) is 9.68. The van der Waals surface area contributed by atoms with Crippen molar-refractivity contribution in [3.05, 3.63) is 81.4 Å². The van der Waals surface area contributed by atoms with E-state index in [4.69, 9.17) is 0 Å². The number of sulfonamides is 1. The number of allylic oxidation sites excluding steroid dienone is 1. The molecule has 0 aliphatic carbocycles. The lowest BCUT2D eigenvalue weighted by molar-refractivity contribution is -0.384. The zero-order valence-electron chi connectivity index (χ0n) is 19.6. The molecule has 0 aliphatic heterocycles. The normalized spacial score (nSPS) is 12.6. The van der Waals surface area contributed by atoms with Crippen molar-refractivity contribution < 1.29 is 13.3 Å². The van der Waals surface area contributed by atoms with Crippen LogP contribution in [0.5, 0.6) is 0 Å². The first kappa shape index (κ1) is 25.5. The molecule has 6 nitrogen and oxygen atoms in total. The minimum absolute atomic E-state index is 0.00611. The maximum absolute atomic E-state index is 13.7. The molecule has 0 spiro atoms. The summed E-state index contributed by atoms with van der Waals surface area (Å²) in [6.07, 6.45) is 1.79. The maximum atomic E-state index is 13.7. The van der Waals surface area contributed by atoms with Crippen LogP contribution in [-0.2, 0) is 10.0 Å². The Hall–Kier alpha value is -2.80. The zero-order chi connectivity index (χ0) is 24.2. The molecule has 2 rings (SSSR count). The Morgan fingerprint density at radius 2 is 1.50 bits per heavy atom. The van der Waals surface area contributed by atoms with Gasteiger partial charge in [0.15, 0.2) is 0 Å². The highest BCUT2D eigenvalue weighted by Crippen LogP contribution is 2.36. The second-order valence-corrected chi connectivity index (χ2v) is 10.3. The van der Waals surface area contributed by atoms with Gasteiger partial charge in [0.05, 0.1) is 15.5 Å². The van der Waals surface area contributed by atoms with E-state index < -0.39 is 14.9 Å². The van der Waals surface area contributed by atoms with Crippen molar-refractivity contribution in [1.82, 2.24) is 0 Å². The molecule has 0 N–H and O–H groups in total. The average Bonchev–Trinajstić information content (AvgIpc) is 2.72. The fourth-order valence-corrected chi connectivity index (χ4v) is 5.24. The number of nitro benzene ring substituents is 1. The first-order valence-corrected chi connectivity index (χ1v) is 12.2. The fourth-order valence-electron chi connectivity index (χ4n) is 3.50. The molecule has 0 aromatic heterocycles. The van der Waals surface area contributed by atoms with Gasteiger partial charge in [0.1, 0.15) is 0 Å². The first-order valence-electron chi connectivity index (χ1n) is 10.8. The van der Waals surface area contributed by atoms with Crippen LogP contribution in [0.2, 0.25) is 0 Å². The van der Waals surface area contributed by atoms with Crippen molar-refractivity contribution in [2.45, 2.75) is 70.6 Å². The predicted molar refractivity (Wildman–Crippen MR) is 130 cm³/mol. The monoisotopic (exact) mass is 456 g/mol. The molecular weight excluding hydrogens is 424 g/mol. The van der Waals surface area contributed by atoms with E-state index in [0.717, 1.165) is 16.7 Å². The van der Waals surface area contributed by atoms with E-state index >= 15 is 0 Å². The van der Waals surface area contributed by atoms with E-state index in [1.54, 1.807) is 6.08 Å². The number of hydrogen-bond donors (Lipinski definition) is 0. The number of hydrogen-bond acceptors (Lipinski definition) is 4. The lowest BCUT2D eigenvalue weighted by Crippen LogP contribution is -2.13. The standard InChI is InChI=1S/C25H32N2O4S/c1-8-9-24(19-10-12-21(13-11-19)27(28)29)26-32(30,31)25-22(17(4)5)14-20(16(2)3)15-23(25)18(6)7/h8,10-18H,1,9H2,2-7H3/b26-24+. The Kier molecular flexibility index (Phi) is 8.13. The summed E-state index contributed by atoms with van der Waals surface area (Å²) in [6.45, 7) is 15.8. The van der Waals surface area contributed by atoms with Crippen LogP contribution in [0.3, 0.4) is 0 Å². The Morgan fingerprint density at radius 1 is 1.00 bits per heavy atom. The van der Waals surface area contributed by atoms with Gasteiger partial charge in [0.25, 0.3) is 15.7 Å². The van der Waals surface area contributed by atoms with Crippen LogP contribution in [0.1, 0.15) is 88.0 Å². The Balaban J connectivity index is 2.77. The van der Waals surface area contributed by atoms with Gasteiger partial charge in [0, 0.05) is 18.6 Å². The Morgan fingerprint density at radius 3 is 1.88 bits per heavy atom. The molecule has 0 amide bonds. The Bertz CT molecular complexity index is 1100. The van der Waals surface area contributed by atoms with Gasteiger partial charge in [-0.3, -0.25) is 10.1 Å². The van der Waals surface area contributed by atoms with Crippen molar-refractivity contribution in [2.75, 3.05) is 0 Å². The maximum Gasteiger partial charge on any atom is 0.283 e. The van der Waals surface area contributed by atoms with Gasteiger partial charge in [-0.15, -0.1) is 6.58 Å². The van der Waals surface area contributed by atoms with E-state index in [1.165, 1.54) is 24.3 Å². The molecule has 0 heterocycles. The molecule has 172 valence electrons. The van der Waals surface area contributed by atoms with Crippen LogP contribution >= 0.6 is 0 Å². The van der Waals surface area contributed by atoms with Crippen LogP contribution in [0.4, 0.5) is 5.69 Å². The fraction of sp³-hybridized carbons (Fsp3) is 0.400.